The van der Waals surface area contributed by atoms with Crippen molar-refractivity contribution in [3.8, 4) is 0 Å². The number of non-ortho nitro benzene ring substituents is 1. The third kappa shape index (κ3) is 4.03. The predicted octanol–water partition coefficient (Wildman–Crippen LogP) is 2.11. The van der Waals surface area contributed by atoms with E-state index in [4.69, 9.17) is 10.5 Å². The van der Waals surface area contributed by atoms with Gasteiger partial charge in [-0.1, -0.05) is 12.1 Å². The van der Waals surface area contributed by atoms with Gasteiger partial charge >= 0.3 is 5.97 Å². The first-order valence-electron chi connectivity index (χ1n) is 6.64. The van der Waals surface area contributed by atoms with Crippen LogP contribution >= 0.6 is 0 Å². The average molecular weight is 333 g/mol. The quantitative estimate of drug-likeness (QED) is 0.374. The Bertz CT molecular complexity index is 809. The monoisotopic (exact) mass is 333 g/mol. The number of nitrogens with two attached hydrogens (primary N) is 1. The van der Waals surface area contributed by atoms with Crippen molar-refractivity contribution in [2.24, 2.45) is 0 Å². The standard InChI is InChI=1S/C15H12FN3O5/c16-11-3-1-2-4-13(11)18-14(20)8-24-15(21)10-7-9(19(22)23)5-6-12(10)17/h1-7H,8,17H2,(H,18,20). The number of nitro benzene ring substituents is 1. The number of nitrogen functional groups attached to an aromatic ring is 1. The number of esters is 1. The van der Waals surface area contributed by atoms with Crippen molar-refractivity contribution in [3.05, 3.63) is 64.0 Å². The Kier molecular flexibility index (Phi) is 5.05. The summed E-state index contributed by atoms with van der Waals surface area (Å²) in [4.78, 5) is 33.6. The number of ether oxygens (including phenoxy) is 1. The van der Waals surface area contributed by atoms with Crippen molar-refractivity contribution in [2.45, 2.75) is 0 Å². The molecule has 0 aliphatic carbocycles. The molecule has 0 aliphatic rings. The lowest BCUT2D eigenvalue weighted by Crippen LogP contribution is -2.21. The summed E-state index contributed by atoms with van der Waals surface area (Å²) in [5, 5.41) is 12.9. The molecule has 2 aromatic carbocycles. The van der Waals surface area contributed by atoms with Crippen LogP contribution in [0.5, 0.6) is 0 Å². The number of anilines is 2. The van der Waals surface area contributed by atoms with Crippen molar-refractivity contribution >= 4 is 28.9 Å². The minimum Gasteiger partial charge on any atom is -0.452 e. The van der Waals surface area contributed by atoms with Crippen LogP contribution < -0.4 is 11.1 Å². The van der Waals surface area contributed by atoms with Crippen LogP contribution in [0.2, 0.25) is 0 Å². The first-order valence-corrected chi connectivity index (χ1v) is 6.64. The van der Waals surface area contributed by atoms with Gasteiger partial charge in [0.25, 0.3) is 11.6 Å². The fourth-order valence-corrected chi connectivity index (χ4v) is 1.79. The topological polar surface area (TPSA) is 125 Å². The lowest BCUT2D eigenvalue weighted by atomic mass is 10.1. The van der Waals surface area contributed by atoms with Gasteiger partial charge in [-0.05, 0) is 18.2 Å². The molecule has 0 saturated carbocycles. The first-order chi connectivity index (χ1) is 11.4. The summed E-state index contributed by atoms with van der Waals surface area (Å²) in [5.74, 6) is -2.41. The van der Waals surface area contributed by atoms with E-state index >= 15 is 0 Å². The van der Waals surface area contributed by atoms with Crippen molar-refractivity contribution in [1.82, 2.24) is 0 Å². The zero-order valence-electron chi connectivity index (χ0n) is 12.2. The number of nitro groups is 1. The van der Waals surface area contributed by atoms with Gasteiger partial charge in [-0.2, -0.15) is 0 Å². The largest absolute Gasteiger partial charge is 0.452 e. The van der Waals surface area contributed by atoms with E-state index < -0.39 is 29.2 Å². The molecule has 0 heterocycles. The lowest BCUT2D eigenvalue weighted by molar-refractivity contribution is -0.384. The summed E-state index contributed by atoms with van der Waals surface area (Å²) in [7, 11) is 0. The molecule has 124 valence electrons. The van der Waals surface area contributed by atoms with Crippen LogP contribution in [0, 0.1) is 15.9 Å². The second kappa shape index (κ2) is 7.18. The van der Waals surface area contributed by atoms with Crippen LogP contribution in [0.3, 0.4) is 0 Å². The van der Waals surface area contributed by atoms with Gasteiger partial charge in [-0.3, -0.25) is 14.9 Å². The van der Waals surface area contributed by atoms with E-state index in [9.17, 15) is 24.1 Å². The molecule has 1 amide bonds. The Morgan fingerprint density at radius 2 is 1.96 bits per heavy atom. The Morgan fingerprint density at radius 1 is 1.25 bits per heavy atom. The van der Waals surface area contributed by atoms with E-state index in [0.29, 0.717) is 0 Å². The van der Waals surface area contributed by atoms with Crippen molar-refractivity contribution in [1.29, 1.82) is 0 Å². The van der Waals surface area contributed by atoms with Crippen molar-refractivity contribution in [2.75, 3.05) is 17.7 Å². The number of carbonyl (C=O) groups is 2. The molecule has 0 bridgehead atoms. The van der Waals surface area contributed by atoms with Crippen LogP contribution in [0.4, 0.5) is 21.5 Å². The number of amides is 1. The average Bonchev–Trinajstić information content (AvgIpc) is 2.55. The Hall–Kier alpha value is -3.49. The molecule has 0 aliphatic heterocycles. The molecule has 3 N–H and O–H groups in total. The molecule has 24 heavy (non-hydrogen) atoms. The van der Waals surface area contributed by atoms with Crippen LogP contribution in [0.25, 0.3) is 0 Å². The predicted molar refractivity (Wildman–Crippen MR) is 82.8 cm³/mol. The second-order valence-corrected chi connectivity index (χ2v) is 4.63. The maximum atomic E-state index is 13.4. The molecule has 0 unspecified atom stereocenters. The summed E-state index contributed by atoms with van der Waals surface area (Å²) in [6.45, 7) is -0.699. The Morgan fingerprint density at radius 3 is 2.62 bits per heavy atom. The molecule has 8 nitrogen and oxygen atoms in total. The fraction of sp³-hybridized carbons (Fsp3) is 0.0667. The number of halogens is 1. The van der Waals surface area contributed by atoms with Crippen LogP contribution in [0.1, 0.15) is 10.4 Å². The first kappa shape index (κ1) is 16.9. The molecular weight excluding hydrogens is 321 g/mol. The van der Waals surface area contributed by atoms with E-state index in [1.165, 1.54) is 24.3 Å². The summed E-state index contributed by atoms with van der Waals surface area (Å²) >= 11 is 0. The molecule has 9 heteroatoms. The zero-order valence-corrected chi connectivity index (χ0v) is 12.2. The number of hydrogen-bond acceptors (Lipinski definition) is 6. The van der Waals surface area contributed by atoms with Gasteiger partial charge in [-0.25, -0.2) is 9.18 Å². The molecule has 2 aromatic rings. The van der Waals surface area contributed by atoms with Crippen molar-refractivity contribution in [3.63, 3.8) is 0 Å². The lowest BCUT2D eigenvalue weighted by Gasteiger charge is -2.08. The maximum Gasteiger partial charge on any atom is 0.341 e. The van der Waals surface area contributed by atoms with Gasteiger partial charge in [0, 0.05) is 17.8 Å². The third-order valence-electron chi connectivity index (χ3n) is 2.95. The molecule has 2 rings (SSSR count). The highest BCUT2D eigenvalue weighted by Gasteiger charge is 2.18. The van der Waals surface area contributed by atoms with Crippen LogP contribution in [-0.2, 0) is 9.53 Å². The minimum absolute atomic E-state index is 0.0277. The van der Waals surface area contributed by atoms with Gasteiger partial charge < -0.3 is 15.8 Å². The van der Waals surface area contributed by atoms with Gasteiger partial charge in [0.1, 0.15) is 5.82 Å². The smallest absolute Gasteiger partial charge is 0.341 e. The van der Waals surface area contributed by atoms with Crippen molar-refractivity contribution < 1.29 is 23.6 Å². The highest BCUT2D eigenvalue weighted by Crippen LogP contribution is 2.20. The molecule has 0 radical (unpaired) electrons. The van der Waals surface area contributed by atoms with E-state index in [-0.39, 0.29) is 22.6 Å². The number of nitrogens with one attached hydrogen (secondary N) is 1. The van der Waals surface area contributed by atoms with E-state index in [1.807, 2.05) is 0 Å². The van der Waals surface area contributed by atoms with Crippen LogP contribution in [0.15, 0.2) is 42.5 Å². The highest BCUT2D eigenvalue weighted by molar-refractivity contribution is 5.98. The Balaban J connectivity index is 2.00. The SMILES string of the molecule is Nc1ccc([N+](=O)[O-])cc1C(=O)OCC(=O)Nc1ccccc1F. The van der Waals surface area contributed by atoms with E-state index in [0.717, 1.165) is 18.2 Å². The van der Waals surface area contributed by atoms with Gasteiger partial charge in [-0.15, -0.1) is 0 Å². The summed E-state index contributed by atoms with van der Waals surface area (Å²) in [6.07, 6.45) is 0. The molecule has 0 fully saturated rings. The molecule has 0 atom stereocenters. The summed E-state index contributed by atoms with van der Waals surface area (Å²) in [5.41, 5.74) is 4.90. The number of nitrogens with zero attached hydrogens (tertiary/aromatic N) is 1. The molecular formula is C15H12FN3O5. The Labute approximate surface area is 135 Å². The molecule has 0 saturated heterocycles. The summed E-state index contributed by atoms with van der Waals surface area (Å²) < 4.78 is 18.1. The number of para-hydroxylation sites is 1. The number of rotatable bonds is 5. The molecule has 0 spiro atoms. The number of carbonyl (C=O) groups excluding carboxylic acids is 2. The molecule has 0 aromatic heterocycles. The second-order valence-electron chi connectivity index (χ2n) is 4.63. The van der Waals surface area contributed by atoms with Gasteiger partial charge in [0.15, 0.2) is 6.61 Å². The van der Waals surface area contributed by atoms with E-state index in [2.05, 4.69) is 5.32 Å². The highest BCUT2D eigenvalue weighted by atomic mass is 19.1. The number of hydrogen-bond donors (Lipinski definition) is 2. The zero-order chi connectivity index (χ0) is 17.7. The normalized spacial score (nSPS) is 10.0. The maximum absolute atomic E-state index is 13.4. The fourth-order valence-electron chi connectivity index (χ4n) is 1.79. The van der Waals surface area contributed by atoms with Gasteiger partial charge in [0.05, 0.1) is 16.2 Å². The van der Waals surface area contributed by atoms with Gasteiger partial charge in [0.2, 0.25) is 0 Å². The third-order valence-corrected chi connectivity index (χ3v) is 2.95. The number of benzene rings is 2. The van der Waals surface area contributed by atoms with Crippen LogP contribution in [-0.4, -0.2) is 23.4 Å². The minimum atomic E-state index is -1.00. The van der Waals surface area contributed by atoms with E-state index in [1.54, 1.807) is 0 Å². The summed E-state index contributed by atoms with van der Waals surface area (Å²) in [6, 6.07) is 8.75.